The van der Waals surface area contributed by atoms with E-state index in [1.54, 1.807) is 0 Å². The average Bonchev–Trinajstić information content (AvgIpc) is 2.54. The van der Waals surface area contributed by atoms with Crippen LogP contribution in [0.25, 0.3) is 0 Å². The van der Waals surface area contributed by atoms with E-state index in [-0.39, 0.29) is 11.2 Å². The minimum Gasteiger partial charge on any atom is -0.366 e. The van der Waals surface area contributed by atoms with E-state index in [9.17, 15) is 0 Å². The number of hydrogen-bond donors (Lipinski definition) is 0. The van der Waals surface area contributed by atoms with E-state index in [2.05, 4.69) is 68.0 Å². The van der Waals surface area contributed by atoms with Gasteiger partial charge in [-0.25, -0.2) is 0 Å². The van der Waals surface area contributed by atoms with Crippen molar-refractivity contribution in [3.8, 4) is 0 Å². The van der Waals surface area contributed by atoms with Crippen molar-refractivity contribution in [1.29, 1.82) is 0 Å². The summed E-state index contributed by atoms with van der Waals surface area (Å²) in [4.78, 5) is 5.12. The number of hydrogen-bond acceptors (Lipinski definition) is 3. The number of ether oxygens (including phenoxy) is 1. The summed E-state index contributed by atoms with van der Waals surface area (Å²) in [6.45, 7) is 11.1. The molecule has 0 radical (unpaired) electrons. The lowest BCUT2D eigenvalue weighted by Gasteiger charge is -2.53. The van der Waals surface area contributed by atoms with E-state index in [1.807, 2.05) is 0 Å². The fourth-order valence-corrected chi connectivity index (χ4v) is 4.71. The van der Waals surface area contributed by atoms with Gasteiger partial charge in [0.2, 0.25) is 0 Å². The van der Waals surface area contributed by atoms with Gasteiger partial charge in [0.25, 0.3) is 0 Å². The highest BCUT2D eigenvalue weighted by Gasteiger charge is 2.46. The molecule has 0 bridgehead atoms. The van der Waals surface area contributed by atoms with Crippen molar-refractivity contribution in [2.75, 3.05) is 26.7 Å². The highest BCUT2D eigenvalue weighted by atomic mass is 16.5. The van der Waals surface area contributed by atoms with Gasteiger partial charge in [-0.2, -0.15) is 0 Å². The quantitative estimate of drug-likeness (QED) is 0.832. The van der Waals surface area contributed by atoms with E-state index >= 15 is 0 Å². The molecule has 2 fully saturated rings. The summed E-state index contributed by atoms with van der Waals surface area (Å²) in [5.74, 6) is 0. The Morgan fingerprint density at radius 1 is 1.12 bits per heavy atom. The van der Waals surface area contributed by atoms with Gasteiger partial charge in [0.15, 0.2) is 0 Å². The van der Waals surface area contributed by atoms with Crippen molar-refractivity contribution in [2.24, 2.45) is 0 Å². The third kappa shape index (κ3) is 4.19. The number of likely N-dealkylation sites (N-methyl/N-ethyl adjacent to an activating group) is 1. The predicted molar refractivity (Wildman–Crippen MR) is 100 cm³/mol. The Balaban J connectivity index is 1.58. The fourth-order valence-electron chi connectivity index (χ4n) is 4.71. The van der Waals surface area contributed by atoms with E-state index in [1.165, 1.54) is 31.2 Å². The van der Waals surface area contributed by atoms with Crippen molar-refractivity contribution < 1.29 is 4.74 Å². The van der Waals surface area contributed by atoms with Gasteiger partial charge in [-0.3, -0.25) is 9.80 Å². The largest absolute Gasteiger partial charge is 0.366 e. The molecule has 0 amide bonds. The Kier molecular flexibility index (Phi) is 5.33. The van der Waals surface area contributed by atoms with Gasteiger partial charge in [0.1, 0.15) is 0 Å². The van der Waals surface area contributed by atoms with E-state index in [4.69, 9.17) is 4.74 Å². The maximum Gasteiger partial charge on any atom is 0.0817 e. The lowest BCUT2D eigenvalue weighted by Crippen LogP contribution is -2.61. The summed E-state index contributed by atoms with van der Waals surface area (Å²) in [6.07, 6.45) is 4.88. The summed E-state index contributed by atoms with van der Waals surface area (Å²) in [7, 11) is 2.28. The minimum absolute atomic E-state index is 0.0168. The molecule has 1 aromatic rings. The summed E-state index contributed by atoms with van der Waals surface area (Å²) >= 11 is 0. The molecular weight excluding hydrogens is 296 g/mol. The Labute approximate surface area is 148 Å². The van der Waals surface area contributed by atoms with Crippen molar-refractivity contribution in [2.45, 2.75) is 70.2 Å². The van der Waals surface area contributed by atoms with Crippen LogP contribution < -0.4 is 0 Å². The molecule has 3 nitrogen and oxygen atoms in total. The van der Waals surface area contributed by atoms with Crippen LogP contribution in [0.5, 0.6) is 0 Å². The van der Waals surface area contributed by atoms with Crippen LogP contribution in [0.15, 0.2) is 30.3 Å². The fraction of sp³-hybridized carbons (Fsp3) is 0.714. The van der Waals surface area contributed by atoms with Gasteiger partial charge in [-0.1, -0.05) is 37.3 Å². The van der Waals surface area contributed by atoms with Crippen molar-refractivity contribution >= 4 is 0 Å². The maximum absolute atomic E-state index is 6.62. The second-order valence-corrected chi connectivity index (χ2v) is 8.48. The molecule has 0 atom stereocenters. The zero-order valence-corrected chi connectivity index (χ0v) is 15.9. The number of morpholine rings is 1. The molecule has 24 heavy (non-hydrogen) atoms. The summed E-state index contributed by atoms with van der Waals surface area (Å²) in [5.41, 5.74) is 1.48. The van der Waals surface area contributed by atoms with Crippen LogP contribution in [0, 0.1) is 0 Å². The highest BCUT2D eigenvalue weighted by Crippen LogP contribution is 2.40. The van der Waals surface area contributed by atoms with Gasteiger partial charge in [0.05, 0.1) is 11.2 Å². The molecule has 1 heterocycles. The van der Waals surface area contributed by atoms with Crippen LogP contribution in [-0.2, 0) is 11.3 Å². The van der Waals surface area contributed by atoms with Gasteiger partial charge in [0, 0.05) is 25.7 Å². The third-order valence-corrected chi connectivity index (χ3v) is 5.82. The predicted octanol–water partition coefficient (Wildman–Crippen LogP) is 3.93. The van der Waals surface area contributed by atoms with E-state index in [0.29, 0.717) is 6.04 Å². The Morgan fingerprint density at radius 2 is 1.79 bits per heavy atom. The van der Waals surface area contributed by atoms with Gasteiger partial charge >= 0.3 is 0 Å². The second-order valence-electron chi connectivity index (χ2n) is 8.48. The summed E-state index contributed by atoms with van der Waals surface area (Å²) in [6, 6.07) is 11.5. The SMILES string of the molecule is CCN1CC(C)(C)O[C@]2(CC[C@@H](N(C)Cc3ccccc3)CC2)C1. The minimum atomic E-state index is -0.0168. The molecule has 1 aliphatic heterocycles. The first-order chi connectivity index (χ1) is 11.4. The van der Waals surface area contributed by atoms with Gasteiger partial charge in [-0.15, -0.1) is 0 Å². The molecule has 1 aliphatic carbocycles. The van der Waals surface area contributed by atoms with Crippen LogP contribution in [0.2, 0.25) is 0 Å². The van der Waals surface area contributed by atoms with E-state index in [0.717, 1.165) is 26.2 Å². The molecule has 1 saturated carbocycles. The van der Waals surface area contributed by atoms with Crippen LogP contribution in [-0.4, -0.2) is 53.7 Å². The van der Waals surface area contributed by atoms with Gasteiger partial charge < -0.3 is 4.74 Å². The van der Waals surface area contributed by atoms with Crippen molar-refractivity contribution in [3.05, 3.63) is 35.9 Å². The summed E-state index contributed by atoms with van der Waals surface area (Å²) in [5, 5.41) is 0. The van der Waals surface area contributed by atoms with Crippen LogP contribution >= 0.6 is 0 Å². The number of rotatable bonds is 4. The zero-order valence-electron chi connectivity index (χ0n) is 15.9. The smallest absolute Gasteiger partial charge is 0.0817 e. The molecule has 3 rings (SSSR count). The lowest BCUT2D eigenvalue weighted by molar-refractivity contribution is -0.211. The molecular formula is C21H34N2O. The first-order valence-corrected chi connectivity index (χ1v) is 9.58. The molecule has 1 saturated heterocycles. The lowest BCUT2D eigenvalue weighted by atomic mass is 9.79. The second kappa shape index (κ2) is 7.15. The molecule has 0 N–H and O–H groups in total. The summed E-state index contributed by atoms with van der Waals surface area (Å²) < 4.78 is 6.62. The number of nitrogens with zero attached hydrogens (tertiary/aromatic N) is 2. The topological polar surface area (TPSA) is 15.7 Å². The Morgan fingerprint density at radius 3 is 2.42 bits per heavy atom. The highest BCUT2D eigenvalue weighted by molar-refractivity contribution is 5.14. The molecule has 0 aromatic heterocycles. The van der Waals surface area contributed by atoms with Crippen LogP contribution in [0.4, 0.5) is 0 Å². The van der Waals surface area contributed by atoms with Gasteiger partial charge in [-0.05, 0) is 58.7 Å². The first kappa shape index (κ1) is 17.9. The molecule has 0 unspecified atom stereocenters. The standard InChI is InChI=1S/C21H34N2O/c1-5-23-16-20(2,3)24-21(17-23)13-11-19(12-14-21)22(4)15-18-9-7-6-8-10-18/h6-10,19H,5,11-17H2,1-4H3/t19-,21+. The zero-order chi connectivity index (χ0) is 17.2. The first-order valence-electron chi connectivity index (χ1n) is 9.58. The average molecular weight is 331 g/mol. The van der Waals surface area contributed by atoms with E-state index < -0.39 is 0 Å². The van der Waals surface area contributed by atoms with Crippen molar-refractivity contribution in [1.82, 2.24) is 9.80 Å². The normalized spacial score (nSPS) is 30.8. The molecule has 134 valence electrons. The van der Waals surface area contributed by atoms with Crippen LogP contribution in [0.1, 0.15) is 52.0 Å². The molecule has 1 spiro atoms. The Hall–Kier alpha value is -0.900. The van der Waals surface area contributed by atoms with Crippen molar-refractivity contribution in [3.63, 3.8) is 0 Å². The maximum atomic E-state index is 6.62. The molecule has 2 aliphatic rings. The van der Waals surface area contributed by atoms with Crippen LogP contribution in [0.3, 0.4) is 0 Å². The molecule has 3 heteroatoms. The monoisotopic (exact) mass is 330 g/mol. The third-order valence-electron chi connectivity index (χ3n) is 5.82. The Bertz CT molecular complexity index is 520. The number of benzene rings is 1. The molecule has 1 aromatic carbocycles.